The Bertz CT molecular complexity index is 455. The molecule has 144 valence electrons. The summed E-state index contributed by atoms with van der Waals surface area (Å²) in [6.07, 6.45) is 4.09. The van der Waals surface area contributed by atoms with Crippen molar-refractivity contribution in [2.24, 2.45) is 0 Å². The van der Waals surface area contributed by atoms with Crippen LogP contribution < -0.4 is 0 Å². The average molecular weight is 364 g/mol. The van der Waals surface area contributed by atoms with Gasteiger partial charge in [0.15, 0.2) is 0 Å². The van der Waals surface area contributed by atoms with E-state index in [1.807, 2.05) is 0 Å². The maximum atomic E-state index is 6.08. The quantitative estimate of drug-likeness (QED) is 0.442. The molecule has 0 rings (SSSR count). The standard InChI is InChI=1S/2C10H17O.2CH3.Al/c2*1-6-8-9(7-2)11-10(3,4)5;;;/h2*9H,6,8H2,1,3-5H3;2*1H3;/q;;;;-1. The van der Waals surface area contributed by atoms with E-state index in [-0.39, 0.29) is 23.4 Å². The van der Waals surface area contributed by atoms with Crippen LogP contribution in [-0.2, 0) is 9.47 Å². The van der Waals surface area contributed by atoms with E-state index < -0.39 is 13.1 Å². The zero-order valence-electron chi connectivity index (χ0n) is 18.4. The van der Waals surface area contributed by atoms with Crippen LogP contribution in [0.1, 0.15) is 81.1 Å². The second-order valence-corrected chi connectivity index (χ2v) is 13.8. The van der Waals surface area contributed by atoms with E-state index in [0.29, 0.717) is 0 Å². The molecule has 0 radical (unpaired) electrons. The fourth-order valence-corrected chi connectivity index (χ4v) is 3.61. The van der Waals surface area contributed by atoms with Gasteiger partial charge in [0.05, 0.1) is 11.2 Å². The van der Waals surface area contributed by atoms with Crippen LogP contribution in [0.25, 0.3) is 0 Å². The fourth-order valence-electron chi connectivity index (χ4n) is 2.34. The lowest BCUT2D eigenvalue weighted by molar-refractivity contribution is -0.0371. The molecule has 2 unspecified atom stereocenters. The summed E-state index contributed by atoms with van der Waals surface area (Å²) < 4.78 is 12.2. The highest BCUT2D eigenvalue weighted by atomic mass is 27.2. The van der Waals surface area contributed by atoms with E-state index in [2.05, 4.69) is 88.4 Å². The normalized spacial score (nSPS) is 14.8. The van der Waals surface area contributed by atoms with E-state index in [1.165, 1.54) is 0 Å². The Kier molecular flexibility index (Phi) is 10.5. The summed E-state index contributed by atoms with van der Waals surface area (Å²) in [6, 6.07) is 0. The Morgan fingerprint density at radius 2 is 1.04 bits per heavy atom. The van der Waals surface area contributed by atoms with E-state index in [9.17, 15) is 0 Å². The first-order valence-electron chi connectivity index (χ1n) is 9.92. The van der Waals surface area contributed by atoms with Crippen molar-refractivity contribution in [3.05, 3.63) is 0 Å². The van der Waals surface area contributed by atoms with Gasteiger partial charge in [0.2, 0.25) is 0 Å². The average Bonchev–Trinajstić information content (AvgIpc) is 2.40. The SMILES string of the molecule is CCCC(C#[C][Al-]([CH3])([CH3])[C]#CC(CCC)OC(C)(C)C)OC(C)(C)C. The number of hydrogen-bond acceptors (Lipinski definition) is 2. The van der Waals surface area contributed by atoms with Gasteiger partial charge in [-0.2, -0.15) is 11.6 Å². The van der Waals surface area contributed by atoms with Gasteiger partial charge in [-0.3, -0.25) is 0 Å². The van der Waals surface area contributed by atoms with Gasteiger partial charge in [-0.1, -0.05) is 26.7 Å². The van der Waals surface area contributed by atoms with Crippen LogP contribution in [0.3, 0.4) is 0 Å². The number of ether oxygens (including phenoxy) is 2. The summed E-state index contributed by atoms with van der Waals surface area (Å²) >= 11 is -2.23. The van der Waals surface area contributed by atoms with Crippen LogP contribution in [-0.4, -0.2) is 36.5 Å². The van der Waals surface area contributed by atoms with E-state index in [4.69, 9.17) is 9.47 Å². The molecule has 0 amide bonds. The first kappa shape index (κ1) is 24.6. The van der Waals surface area contributed by atoms with Gasteiger partial charge in [-0.05, 0) is 54.4 Å². The van der Waals surface area contributed by atoms with Gasteiger partial charge < -0.3 is 19.0 Å². The van der Waals surface area contributed by atoms with Crippen LogP contribution >= 0.6 is 0 Å². The Hall–Kier alpha value is -0.428. The van der Waals surface area contributed by atoms with E-state index in [1.54, 1.807) is 0 Å². The molecule has 0 aliphatic rings. The second kappa shape index (κ2) is 10.7. The highest BCUT2D eigenvalue weighted by Crippen LogP contribution is 2.15. The van der Waals surface area contributed by atoms with Crippen molar-refractivity contribution in [2.45, 2.75) is 116 Å². The molecule has 0 spiro atoms. The van der Waals surface area contributed by atoms with Gasteiger partial charge >= 0.3 is 13.1 Å². The van der Waals surface area contributed by atoms with Crippen molar-refractivity contribution in [3.8, 4) is 21.4 Å². The largest absolute Gasteiger partial charge is 0.360 e. The van der Waals surface area contributed by atoms with E-state index >= 15 is 0 Å². The number of hydrogen-bond donors (Lipinski definition) is 0. The van der Waals surface area contributed by atoms with Crippen molar-refractivity contribution >= 4 is 13.1 Å². The summed E-state index contributed by atoms with van der Waals surface area (Å²) in [5.74, 6) is 11.2. The van der Waals surface area contributed by atoms with Crippen molar-refractivity contribution in [1.82, 2.24) is 0 Å². The molecule has 0 aliphatic carbocycles. The van der Waals surface area contributed by atoms with Gasteiger partial charge in [-0.15, -0.1) is 11.8 Å². The van der Waals surface area contributed by atoms with Gasteiger partial charge in [0, 0.05) is 0 Å². The molecule has 0 aromatic heterocycles. The molecule has 0 aromatic carbocycles. The zero-order valence-corrected chi connectivity index (χ0v) is 19.5. The molecule has 3 heteroatoms. The van der Waals surface area contributed by atoms with Crippen molar-refractivity contribution in [2.75, 3.05) is 0 Å². The monoisotopic (exact) mass is 363 g/mol. The van der Waals surface area contributed by atoms with Gasteiger partial charge in [0.1, 0.15) is 12.2 Å². The third-order valence-electron chi connectivity index (χ3n) is 3.30. The molecule has 0 heterocycles. The molecular formula is C22H40AlO2-. The molecule has 2 atom stereocenters. The molecule has 0 aliphatic heterocycles. The molecule has 0 aromatic rings. The summed E-state index contributed by atoms with van der Waals surface area (Å²) in [7, 11) is 0. The predicted molar refractivity (Wildman–Crippen MR) is 112 cm³/mol. The van der Waals surface area contributed by atoms with Crippen LogP contribution in [0.2, 0.25) is 11.6 Å². The maximum absolute atomic E-state index is 6.08. The summed E-state index contributed by atoms with van der Waals surface area (Å²) in [5, 5.41) is 0. The van der Waals surface area contributed by atoms with Gasteiger partial charge in [-0.25, -0.2) is 0 Å². The molecule has 0 N–H and O–H groups in total. The number of rotatable bonds is 6. The Labute approximate surface area is 160 Å². The molecule has 0 bridgehead atoms. The summed E-state index contributed by atoms with van der Waals surface area (Å²) in [5.41, 5.74) is -0.330. The minimum absolute atomic E-state index is 0.00309. The smallest absolute Gasteiger partial charge is 0.304 e. The van der Waals surface area contributed by atoms with Crippen LogP contribution in [0.5, 0.6) is 0 Å². The van der Waals surface area contributed by atoms with Crippen LogP contribution in [0.15, 0.2) is 0 Å². The summed E-state index contributed by atoms with van der Waals surface area (Å²) in [4.78, 5) is 6.98. The minimum atomic E-state index is -2.23. The minimum Gasteiger partial charge on any atom is -0.360 e. The fraction of sp³-hybridized carbons (Fsp3) is 0.818. The zero-order chi connectivity index (χ0) is 19.7. The Morgan fingerprint density at radius 3 is 1.28 bits per heavy atom. The van der Waals surface area contributed by atoms with Gasteiger partial charge in [0.25, 0.3) is 0 Å². The third kappa shape index (κ3) is 14.4. The third-order valence-corrected chi connectivity index (χ3v) is 5.08. The lowest BCUT2D eigenvalue weighted by atomic mass is 10.1. The predicted octanol–water partition coefficient (Wildman–Crippen LogP) is 5.75. The summed E-state index contributed by atoms with van der Waals surface area (Å²) in [6.45, 7) is 16.8. The second-order valence-electron chi connectivity index (χ2n) is 9.47. The van der Waals surface area contributed by atoms with Crippen molar-refractivity contribution in [1.29, 1.82) is 0 Å². The van der Waals surface area contributed by atoms with Crippen LogP contribution in [0, 0.1) is 21.4 Å². The highest BCUT2D eigenvalue weighted by molar-refractivity contribution is 6.92. The molecule has 25 heavy (non-hydrogen) atoms. The molecule has 2 nitrogen and oxygen atoms in total. The molecule has 0 saturated heterocycles. The first-order chi connectivity index (χ1) is 11.3. The Balaban J connectivity index is 5.18. The van der Waals surface area contributed by atoms with Crippen molar-refractivity contribution in [3.63, 3.8) is 0 Å². The Morgan fingerprint density at radius 1 is 0.720 bits per heavy atom. The topological polar surface area (TPSA) is 18.5 Å². The lowest BCUT2D eigenvalue weighted by Gasteiger charge is -2.26. The molecule has 0 saturated carbocycles. The molecular weight excluding hydrogens is 323 g/mol. The first-order valence-corrected chi connectivity index (χ1v) is 13.4. The maximum Gasteiger partial charge on any atom is 0.304 e. The van der Waals surface area contributed by atoms with Crippen LogP contribution in [0.4, 0.5) is 0 Å². The lowest BCUT2D eigenvalue weighted by Crippen LogP contribution is -2.29. The highest BCUT2D eigenvalue weighted by Gasteiger charge is 2.19. The molecule has 0 fully saturated rings. The van der Waals surface area contributed by atoms with Crippen molar-refractivity contribution < 1.29 is 9.47 Å². The van der Waals surface area contributed by atoms with E-state index in [0.717, 1.165) is 25.7 Å².